The van der Waals surface area contributed by atoms with Gasteiger partial charge in [-0.3, -0.25) is 0 Å². The minimum atomic E-state index is 0.886. The summed E-state index contributed by atoms with van der Waals surface area (Å²) in [4.78, 5) is 0. The van der Waals surface area contributed by atoms with Gasteiger partial charge in [0.25, 0.3) is 0 Å². The van der Waals surface area contributed by atoms with Crippen LogP contribution >= 0.6 is 0 Å². The van der Waals surface area contributed by atoms with Crippen LogP contribution in [0.25, 0.3) is 0 Å². The molecule has 3 atom stereocenters. The van der Waals surface area contributed by atoms with E-state index in [1.54, 1.807) is 0 Å². The van der Waals surface area contributed by atoms with Crippen LogP contribution in [0.4, 0.5) is 0 Å². The quantitative estimate of drug-likeness (QED) is 0.636. The van der Waals surface area contributed by atoms with E-state index in [1.165, 1.54) is 19.4 Å². The van der Waals surface area contributed by atoms with Gasteiger partial charge in [0.2, 0.25) is 0 Å². The molecule has 1 aliphatic heterocycles. The van der Waals surface area contributed by atoms with Crippen LogP contribution in [0, 0.1) is 17.8 Å². The summed E-state index contributed by atoms with van der Waals surface area (Å²) in [6.45, 7) is 10.0. The van der Waals surface area contributed by atoms with Crippen LogP contribution in [0.1, 0.15) is 40.5 Å². The van der Waals surface area contributed by atoms with E-state index in [0.717, 1.165) is 23.8 Å². The molecule has 0 aromatic rings. The summed E-state index contributed by atoms with van der Waals surface area (Å²) in [6, 6.07) is 0.886. The molecular weight excluding hydrogens is 146 g/mol. The third-order valence-corrected chi connectivity index (χ3v) is 3.27. The van der Waals surface area contributed by atoms with Crippen molar-refractivity contribution >= 4 is 0 Å². The van der Waals surface area contributed by atoms with Crippen molar-refractivity contribution in [3.8, 4) is 0 Å². The Kier molecular flexibility index (Phi) is 3.57. The largest absolute Gasteiger partial charge is 0.314 e. The fourth-order valence-corrected chi connectivity index (χ4v) is 2.69. The summed E-state index contributed by atoms with van der Waals surface area (Å²) in [7, 11) is 0. The van der Waals surface area contributed by atoms with Gasteiger partial charge in [-0.1, -0.05) is 27.7 Å². The molecule has 0 spiro atoms. The minimum absolute atomic E-state index is 0.886. The fourth-order valence-electron chi connectivity index (χ4n) is 2.69. The second-order valence-corrected chi connectivity index (χ2v) is 4.24. The van der Waals surface area contributed by atoms with E-state index in [-0.39, 0.29) is 0 Å². The van der Waals surface area contributed by atoms with E-state index in [0.29, 0.717) is 0 Å². The van der Waals surface area contributed by atoms with E-state index < -0.39 is 0 Å². The van der Waals surface area contributed by atoms with Gasteiger partial charge in [-0.15, -0.1) is 0 Å². The van der Waals surface area contributed by atoms with Gasteiger partial charge in [0.05, 0.1) is 0 Å². The van der Waals surface area contributed by atoms with Crippen molar-refractivity contribution in [1.82, 2.24) is 5.32 Å². The third-order valence-electron chi connectivity index (χ3n) is 3.27. The molecule has 0 amide bonds. The Morgan fingerprint density at radius 2 is 1.83 bits per heavy atom. The highest BCUT2D eigenvalue weighted by molar-refractivity contribution is 4.95. The third kappa shape index (κ3) is 1.82. The molecule has 1 heterocycles. The van der Waals surface area contributed by atoms with Crippen LogP contribution in [-0.4, -0.2) is 12.6 Å². The Balaban J connectivity index is 0.000000336. The van der Waals surface area contributed by atoms with Crippen molar-refractivity contribution in [2.75, 3.05) is 6.54 Å². The maximum Gasteiger partial charge on any atom is 0.00732 e. The van der Waals surface area contributed by atoms with E-state index in [1.807, 2.05) is 13.8 Å². The molecule has 2 bridgehead atoms. The Morgan fingerprint density at radius 1 is 1.17 bits per heavy atom. The molecule has 0 radical (unpaired) electrons. The first-order valence-electron chi connectivity index (χ1n) is 5.50. The maximum absolute atomic E-state index is 3.54. The smallest absolute Gasteiger partial charge is 0.00732 e. The van der Waals surface area contributed by atoms with Crippen LogP contribution < -0.4 is 5.32 Å². The molecule has 0 aromatic carbocycles. The lowest BCUT2D eigenvalue weighted by molar-refractivity contribution is 0.269. The Labute approximate surface area is 76.9 Å². The topological polar surface area (TPSA) is 12.0 Å². The fraction of sp³-hybridized carbons (Fsp3) is 1.00. The number of rotatable bonds is 1. The normalized spacial score (nSPS) is 38.2. The van der Waals surface area contributed by atoms with E-state index >= 15 is 0 Å². The Hall–Kier alpha value is -0.0400. The van der Waals surface area contributed by atoms with Crippen LogP contribution in [-0.2, 0) is 0 Å². The Morgan fingerprint density at radius 3 is 2.08 bits per heavy atom. The van der Waals surface area contributed by atoms with Crippen LogP contribution in [0.5, 0.6) is 0 Å². The molecule has 1 aliphatic carbocycles. The zero-order chi connectivity index (χ0) is 9.14. The van der Waals surface area contributed by atoms with Crippen LogP contribution in [0.2, 0.25) is 0 Å². The van der Waals surface area contributed by atoms with Gasteiger partial charge in [0.15, 0.2) is 0 Å². The van der Waals surface area contributed by atoms with E-state index in [2.05, 4.69) is 19.2 Å². The molecule has 12 heavy (non-hydrogen) atoms. The lowest BCUT2D eigenvalue weighted by atomic mass is 9.85. The van der Waals surface area contributed by atoms with Gasteiger partial charge >= 0.3 is 0 Å². The van der Waals surface area contributed by atoms with Gasteiger partial charge in [-0.25, -0.2) is 0 Å². The number of piperidine rings is 1. The first kappa shape index (κ1) is 10.0. The van der Waals surface area contributed by atoms with Crippen molar-refractivity contribution in [3.63, 3.8) is 0 Å². The lowest BCUT2D eigenvalue weighted by Gasteiger charge is -2.25. The predicted molar refractivity (Wildman–Crippen MR) is 54.2 cm³/mol. The number of hydrogen-bond donors (Lipinski definition) is 1. The number of nitrogens with one attached hydrogen (secondary N) is 1. The summed E-state index contributed by atoms with van der Waals surface area (Å²) >= 11 is 0. The highest BCUT2D eigenvalue weighted by Crippen LogP contribution is 2.40. The molecular formula is C11H23N. The molecule has 2 unspecified atom stereocenters. The summed E-state index contributed by atoms with van der Waals surface area (Å²) in [6.07, 6.45) is 2.91. The summed E-state index contributed by atoms with van der Waals surface area (Å²) in [5.74, 6) is 2.97. The second kappa shape index (κ2) is 4.27. The molecule has 72 valence electrons. The first-order chi connectivity index (χ1) is 5.77. The molecule has 1 N–H and O–H groups in total. The molecule has 0 aromatic heterocycles. The average molecular weight is 169 g/mol. The molecule has 2 aliphatic rings. The zero-order valence-electron chi connectivity index (χ0n) is 8.93. The van der Waals surface area contributed by atoms with Crippen molar-refractivity contribution in [2.45, 2.75) is 46.6 Å². The van der Waals surface area contributed by atoms with Gasteiger partial charge in [0, 0.05) is 6.04 Å². The lowest BCUT2D eigenvalue weighted by Crippen LogP contribution is -2.31. The SMILES string of the molecule is CC.CC(C)C1CC2C[C@@H]1CN2. The molecule has 1 heteroatoms. The molecule has 2 fully saturated rings. The monoisotopic (exact) mass is 169 g/mol. The highest BCUT2D eigenvalue weighted by Gasteiger charge is 2.40. The average Bonchev–Trinajstić information content (AvgIpc) is 2.67. The van der Waals surface area contributed by atoms with Crippen molar-refractivity contribution in [1.29, 1.82) is 0 Å². The van der Waals surface area contributed by atoms with Crippen molar-refractivity contribution < 1.29 is 0 Å². The van der Waals surface area contributed by atoms with Crippen molar-refractivity contribution in [3.05, 3.63) is 0 Å². The predicted octanol–water partition coefficient (Wildman–Crippen LogP) is 2.67. The second-order valence-electron chi connectivity index (χ2n) is 4.24. The summed E-state index contributed by atoms with van der Waals surface area (Å²) < 4.78 is 0. The minimum Gasteiger partial charge on any atom is -0.314 e. The highest BCUT2D eigenvalue weighted by atomic mass is 15.0. The molecule has 1 saturated heterocycles. The summed E-state index contributed by atoms with van der Waals surface area (Å²) in [5, 5.41) is 3.54. The summed E-state index contributed by atoms with van der Waals surface area (Å²) in [5.41, 5.74) is 0. The van der Waals surface area contributed by atoms with Gasteiger partial charge in [-0.05, 0) is 37.1 Å². The van der Waals surface area contributed by atoms with Gasteiger partial charge < -0.3 is 5.32 Å². The molecule has 1 saturated carbocycles. The number of hydrogen-bond acceptors (Lipinski definition) is 1. The zero-order valence-corrected chi connectivity index (χ0v) is 8.93. The van der Waals surface area contributed by atoms with Gasteiger partial charge in [-0.2, -0.15) is 0 Å². The van der Waals surface area contributed by atoms with Crippen LogP contribution in [0.3, 0.4) is 0 Å². The first-order valence-corrected chi connectivity index (χ1v) is 5.50. The molecule has 1 nitrogen and oxygen atoms in total. The Bertz CT molecular complexity index is 131. The number of fused-ring (bicyclic) bond motifs is 2. The standard InChI is InChI=1S/C9H17N.C2H6/c1-6(2)9-4-8-3-7(9)5-10-8;1-2/h6-10H,3-5H2,1-2H3;1-2H3/t7-,8?,9?;/m1./s1. The van der Waals surface area contributed by atoms with Crippen LogP contribution in [0.15, 0.2) is 0 Å². The molecule has 2 rings (SSSR count). The van der Waals surface area contributed by atoms with E-state index in [4.69, 9.17) is 0 Å². The van der Waals surface area contributed by atoms with Crippen molar-refractivity contribution in [2.24, 2.45) is 17.8 Å². The van der Waals surface area contributed by atoms with Gasteiger partial charge in [0.1, 0.15) is 0 Å². The maximum atomic E-state index is 3.54. The van der Waals surface area contributed by atoms with E-state index in [9.17, 15) is 0 Å².